The van der Waals surface area contributed by atoms with Gasteiger partial charge in [0.15, 0.2) is 11.5 Å². The second-order valence-corrected chi connectivity index (χ2v) is 10.6. The van der Waals surface area contributed by atoms with Crippen molar-refractivity contribution in [3.05, 3.63) is 49.1 Å². The van der Waals surface area contributed by atoms with Crippen molar-refractivity contribution in [2.24, 2.45) is 5.92 Å². The number of amides is 2. The van der Waals surface area contributed by atoms with E-state index in [1.807, 2.05) is 52.5 Å². The van der Waals surface area contributed by atoms with E-state index in [9.17, 15) is 4.79 Å². The number of carbonyl (C=O) groups is 1. The Morgan fingerprint density at radius 3 is 2.50 bits per heavy atom. The summed E-state index contributed by atoms with van der Waals surface area (Å²) in [7, 11) is 2.16. The lowest BCUT2D eigenvalue weighted by molar-refractivity contribution is 0.142. The van der Waals surface area contributed by atoms with Crippen LogP contribution in [-0.4, -0.2) is 109 Å². The monoisotopic (exact) mass is 514 g/mol. The van der Waals surface area contributed by atoms with E-state index in [2.05, 4.69) is 51.0 Å². The highest BCUT2D eigenvalue weighted by molar-refractivity contribution is 5.94. The molecule has 11 heteroatoms. The third-order valence-corrected chi connectivity index (χ3v) is 7.74. The second-order valence-electron chi connectivity index (χ2n) is 10.6. The molecule has 1 aromatic carbocycles. The number of nitrogens with zero attached hydrogens (tertiary/aromatic N) is 9. The topological polar surface area (TPSA) is 102 Å². The minimum atomic E-state index is 0.0339. The highest BCUT2D eigenvalue weighted by Crippen LogP contribution is 2.31. The minimum Gasteiger partial charge on any atom is -0.321 e. The van der Waals surface area contributed by atoms with Crippen molar-refractivity contribution >= 4 is 17.5 Å². The average Bonchev–Trinajstić information content (AvgIpc) is 3.67. The Balaban J connectivity index is 1.25. The molecule has 2 aliphatic heterocycles. The van der Waals surface area contributed by atoms with Gasteiger partial charge in [0.05, 0.1) is 12.2 Å². The quantitative estimate of drug-likeness (QED) is 0.405. The molecule has 0 aliphatic carbocycles. The third-order valence-electron chi connectivity index (χ3n) is 7.74. The largest absolute Gasteiger partial charge is 0.326 e. The lowest BCUT2D eigenvalue weighted by Gasteiger charge is -2.33. The molecule has 38 heavy (non-hydrogen) atoms. The van der Waals surface area contributed by atoms with Crippen LogP contribution in [0.1, 0.15) is 13.8 Å². The molecule has 11 nitrogen and oxygen atoms in total. The number of rotatable bonds is 7. The molecule has 1 atom stereocenters. The third kappa shape index (κ3) is 4.63. The smallest absolute Gasteiger partial charge is 0.321 e. The molecule has 1 N–H and O–H groups in total. The van der Waals surface area contributed by atoms with Crippen molar-refractivity contribution < 1.29 is 4.79 Å². The van der Waals surface area contributed by atoms with Crippen molar-refractivity contribution in [1.82, 2.24) is 44.5 Å². The molecule has 198 valence electrons. The summed E-state index contributed by atoms with van der Waals surface area (Å²) in [4.78, 5) is 31.6. The summed E-state index contributed by atoms with van der Waals surface area (Å²) in [6, 6.07) is 10.0. The summed E-state index contributed by atoms with van der Waals surface area (Å²) < 4.78 is 1.76. The number of aromatic nitrogens is 6. The van der Waals surface area contributed by atoms with E-state index in [0.717, 1.165) is 61.6 Å². The molecule has 2 aliphatic rings. The molecule has 0 radical (unpaired) electrons. The van der Waals surface area contributed by atoms with E-state index >= 15 is 0 Å². The van der Waals surface area contributed by atoms with Crippen LogP contribution in [0.2, 0.25) is 0 Å². The zero-order chi connectivity index (χ0) is 26.2. The van der Waals surface area contributed by atoms with Gasteiger partial charge in [0, 0.05) is 63.1 Å². The van der Waals surface area contributed by atoms with Gasteiger partial charge >= 0.3 is 6.03 Å². The van der Waals surface area contributed by atoms with Crippen LogP contribution >= 0.6 is 0 Å². The number of anilines is 1. The number of fused-ring (bicyclic) bond motifs is 1. The molecular weight excluding hydrogens is 480 g/mol. The van der Waals surface area contributed by atoms with Crippen LogP contribution in [0.25, 0.3) is 28.2 Å². The molecule has 5 heterocycles. The Labute approximate surface area is 222 Å². The molecule has 2 amide bonds. The number of H-pyrrole nitrogens is 1. The highest BCUT2D eigenvalue weighted by atomic mass is 16.2. The van der Waals surface area contributed by atoms with Gasteiger partial charge in [-0.1, -0.05) is 38.1 Å². The van der Waals surface area contributed by atoms with Gasteiger partial charge in [-0.2, -0.15) is 10.2 Å². The summed E-state index contributed by atoms with van der Waals surface area (Å²) in [5, 5.41) is 11.4. The molecule has 6 rings (SSSR count). The van der Waals surface area contributed by atoms with Gasteiger partial charge in [-0.3, -0.25) is 14.9 Å². The molecule has 2 fully saturated rings. The first-order chi connectivity index (χ1) is 18.5. The first kappa shape index (κ1) is 24.5. The number of urea groups is 1. The van der Waals surface area contributed by atoms with Gasteiger partial charge in [0.1, 0.15) is 12.1 Å². The Morgan fingerprint density at radius 1 is 1.03 bits per heavy atom. The van der Waals surface area contributed by atoms with E-state index in [1.165, 1.54) is 0 Å². The zero-order valence-electron chi connectivity index (χ0n) is 22.2. The average molecular weight is 515 g/mol. The van der Waals surface area contributed by atoms with E-state index in [4.69, 9.17) is 4.98 Å². The van der Waals surface area contributed by atoms with Gasteiger partial charge in [-0.25, -0.2) is 19.3 Å². The maximum atomic E-state index is 13.7. The molecule has 0 saturated carbocycles. The van der Waals surface area contributed by atoms with Gasteiger partial charge in [-0.15, -0.1) is 0 Å². The summed E-state index contributed by atoms with van der Waals surface area (Å²) in [6.45, 7) is 11.0. The highest BCUT2D eigenvalue weighted by Gasteiger charge is 2.40. The number of nitrogens with one attached hydrogen (secondary N) is 1. The number of hydrogen-bond acceptors (Lipinski definition) is 7. The van der Waals surface area contributed by atoms with Crippen molar-refractivity contribution in [2.45, 2.75) is 19.9 Å². The van der Waals surface area contributed by atoms with Crippen LogP contribution in [0.5, 0.6) is 0 Å². The number of piperazine rings is 1. The predicted molar refractivity (Wildman–Crippen MR) is 146 cm³/mol. The van der Waals surface area contributed by atoms with Crippen molar-refractivity contribution in [2.75, 3.05) is 57.8 Å². The number of hydrogen-bond donors (Lipinski definition) is 1. The number of aromatic amines is 1. The van der Waals surface area contributed by atoms with Gasteiger partial charge in [-0.05, 0) is 24.6 Å². The Bertz CT molecular complexity index is 1390. The lowest BCUT2D eigenvalue weighted by atomic mass is 10.0. The van der Waals surface area contributed by atoms with E-state index in [-0.39, 0.29) is 12.1 Å². The Kier molecular flexibility index (Phi) is 6.54. The fraction of sp³-hybridized carbons (Fsp3) is 0.444. The van der Waals surface area contributed by atoms with Gasteiger partial charge < -0.3 is 9.80 Å². The number of likely N-dealkylation sites (N-methyl/N-ethyl adjacent to an activating group) is 1. The van der Waals surface area contributed by atoms with Crippen LogP contribution in [0.3, 0.4) is 0 Å². The maximum Gasteiger partial charge on any atom is 0.326 e. The molecule has 0 spiro atoms. The lowest BCUT2D eigenvalue weighted by Crippen LogP contribution is -2.47. The molecular formula is C27H34N10O. The van der Waals surface area contributed by atoms with Crippen LogP contribution < -0.4 is 4.90 Å². The minimum absolute atomic E-state index is 0.0339. The fourth-order valence-corrected chi connectivity index (χ4v) is 5.32. The van der Waals surface area contributed by atoms with Gasteiger partial charge in [0.2, 0.25) is 0 Å². The normalized spacial score (nSPS) is 19.4. The standard InChI is InChI=1S/C27H34N10O/c1-19(2)23-17-35(15-14-34-12-10-33(3)11-13-34)27(38)37(23)24-8-9-36-26(31-24)22(16-30-36)20-4-6-21(7-5-20)25-28-18-29-32-25/h4-9,16,18-19,23H,10-15,17H2,1-3H3,(H,28,29,32). The van der Waals surface area contributed by atoms with Crippen molar-refractivity contribution in [1.29, 1.82) is 0 Å². The Hall–Kier alpha value is -3.83. The number of carbonyl (C=O) groups excluding carboxylic acids is 1. The maximum absolute atomic E-state index is 13.7. The zero-order valence-corrected chi connectivity index (χ0v) is 22.2. The van der Waals surface area contributed by atoms with Crippen LogP contribution in [0.15, 0.2) is 49.1 Å². The van der Waals surface area contributed by atoms with Crippen molar-refractivity contribution in [3.63, 3.8) is 0 Å². The summed E-state index contributed by atoms with van der Waals surface area (Å²) in [6.07, 6.45) is 5.28. The molecule has 2 saturated heterocycles. The number of benzene rings is 1. The van der Waals surface area contributed by atoms with Crippen LogP contribution in [0.4, 0.5) is 10.6 Å². The molecule has 4 aromatic rings. The summed E-state index contributed by atoms with van der Waals surface area (Å²) in [5.41, 5.74) is 3.55. The fourth-order valence-electron chi connectivity index (χ4n) is 5.32. The van der Waals surface area contributed by atoms with Crippen molar-refractivity contribution in [3.8, 4) is 22.5 Å². The first-order valence-electron chi connectivity index (χ1n) is 13.3. The summed E-state index contributed by atoms with van der Waals surface area (Å²) >= 11 is 0. The van der Waals surface area contributed by atoms with Crippen LogP contribution in [-0.2, 0) is 0 Å². The van der Waals surface area contributed by atoms with E-state index in [0.29, 0.717) is 24.1 Å². The SMILES string of the molecule is CC(C)C1CN(CCN2CCN(C)CC2)C(=O)N1c1ccn2ncc(-c3ccc(-c4nc[nH]n4)cc3)c2n1. The van der Waals surface area contributed by atoms with Crippen LogP contribution in [0, 0.1) is 5.92 Å². The molecule has 1 unspecified atom stereocenters. The molecule has 3 aromatic heterocycles. The first-order valence-corrected chi connectivity index (χ1v) is 13.3. The predicted octanol–water partition coefficient (Wildman–Crippen LogP) is 2.70. The van der Waals surface area contributed by atoms with Gasteiger partial charge in [0.25, 0.3) is 0 Å². The second kappa shape index (κ2) is 10.1. The summed E-state index contributed by atoms with van der Waals surface area (Å²) in [5.74, 6) is 1.63. The molecule has 0 bridgehead atoms. The van der Waals surface area contributed by atoms with E-state index in [1.54, 1.807) is 10.8 Å². The Morgan fingerprint density at radius 2 is 1.79 bits per heavy atom. The van der Waals surface area contributed by atoms with E-state index < -0.39 is 0 Å².